The molecule has 3 aromatic heterocycles. The lowest BCUT2D eigenvalue weighted by atomic mass is 10.1. The lowest BCUT2D eigenvalue weighted by Crippen LogP contribution is -2.01. The Bertz CT molecular complexity index is 846. The summed E-state index contributed by atoms with van der Waals surface area (Å²) in [5, 5.41) is 4.13. The standard InChI is InChI=1S/C20H20O4S3/c1-23-17(21)7-3-13-9-11-25-19(13)15-5-6-16(27-15)20-14(10-12-26-20)4-8-18(22)24-2/h5-6,9-12H,3-4,7-8H2,1-2H3. The summed E-state index contributed by atoms with van der Waals surface area (Å²) in [6.45, 7) is 0. The molecule has 0 aliphatic rings. The molecule has 0 amide bonds. The van der Waals surface area contributed by atoms with Crippen LogP contribution in [0.5, 0.6) is 0 Å². The van der Waals surface area contributed by atoms with Gasteiger partial charge < -0.3 is 9.47 Å². The molecule has 0 unspecified atom stereocenters. The van der Waals surface area contributed by atoms with Crippen LogP contribution in [0.15, 0.2) is 35.0 Å². The number of aryl methyl sites for hydroxylation is 2. The molecule has 0 aromatic carbocycles. The molecule has 3 heterocycles. The molecule has 4 nitrogen and oxygen atoms in total. The monoisotopic (exact) mass is 420 g/mol. The molecule has 0 N–H and O–H groups in total. The van der Waals surface area contributed by atoms with Gasteiger partial charge in [0, 0.05) is 32.4 Å². The molecule has 0 radical (unpaired) electrons. The molecule has 0 bridgehead atoms. The van der Waals surface area contributed by atoms with Gasteiger partial charge in [0.2, 0.25) is 0 Å². The Morgan fingerprint density at radius 2 is 1.22 bits per heavy atom. The summed E-state index contributed by atoms with van der Waals surface area (Å²) in [5.41, 5.74) is 2.35. The van der Waals surface area contributed by atoms with Crippen molar-refractivity contribution >= 4 is 45.9 Å². The van der Waals surface area contributed by atoms with Gasteiger partial charge in [0.1, 0.15) is 0 Å². The molecule has 0 aliphatic heterocycles. The van der Waals surface area contributed by atoms with E-state index in [1.165, 1.54) is 44.9 Å². The van der Waals surface area contributed by atoms with E-state index in [0.29, 0.717) is 25.7 Å². The normalized spacial score (nSPS) is 10.7. The van der Waals surface area contributed by atoms with E-state index in [1.807, 2.05) is 0 Å². The third-order valence-corrected chi connectivity index (χ3v) is 7.56. The Morgan fingerprint density at radius 1 is 0.778 bits per heavy atom. The van der Waals surface area contributed by atoms with Crippen molar-refractivity contribution in [2.75, 3.05) is 14.2 Å². The highest BCUT2D eigenvalue weighted by Crippen LogP contribution is 2.41. The van der Waals surface area contributed by atoms with Gasteiger partial charge in [-0.05, 0) is 59.0 Å². The van der Waals surface area contributed by atoms with Crippen LogP contribution in [0, 0.1) is 0 Å². The summed E-state index contributed by atoms with van der Waals surface area (Å²) in [7, 11) is 2.84. The summed E-state index contributed by atoms with van der Waals surface area (Å²) in [6.07, 6.45) is 2.15. The number of thiophene rings is 3. The van der Waals surface area contributed by atoms with E-state index in [9.17, 15) is 9.59 Å². The van der Waals surface area contributed by atoms with Crippen LogP contribution in [0.1, 0.15) is 24.0 Å². The van der Waals surface area contributed by atoms with Crippen molar-refractivity contribution < 1.29 is 19.1 Å². The molecular weight excluding hydrogens is 400 g/mol. The number of methoxy groups -OCH3 is 2. The van der Waals surface area contributed by atoms with Gasteiger partial charge in [-0.2, -0.15) is 0 Å². The largest absolute Gasteiger partial charge is 0.469 e. The zero-order valence-electron chi connectivity index (χ0n) is 15.2. The molecule has 0 atom stereocenters. The second-order valence-corrected chi connectivity index (χ2v) is 8.78. The second kappa shape index (κ2) is 9.30. The minimum absolute atomic E-state index is 0.187. The molecule has 0 aliphatic carbocycles. The minimum Gasteiger partial charge on any atom is -0.469 e. The number of rotatable bonds is 8. The maximum absolute atomic E-state index is 11.4. The van der Waals surface area contributed by atoms with Crippen molar-refractivity contribution in [1.29, 1.82) is 0 Å². The van der Waals surface area contributed by atoms with Gasteiger partial charge in [-0.25, -0.2) is 0 Å². The number of hydrogen-bond acceptors (Lipinski definition) is 7. The first kappa shape index (κ1) is 19.8. The number of ether oxygens (including phenoxy) is 2. The maximum atomic E-state index is 11.4. The first-order chi connectivity index (χ1) is 13.1. The third-order valence-electron chi connectivity index (χ3n) is 4.20. The lowest BCUT2D eigenvalue weighted by molar-refractivity contribution is -0.141. The zero-order valence-corrected chi connectivity index (χ0v) is 17.6. The predicted octanol–water partition coefficient (Wildman–Crippen LogP) is 5.42. The quantitative estimate of drug-likeness (QED) is 0.457. The summed E-state index contributed by atoms with van der Waals surface area (Å²) < 4.78 is 9.49. The molecular formula is C20H20O4S3. The van der Waals surface area contributed by atoms with Gasteiger partial charge in [0.15, 0.2) is 0 Å². The Morgan fingerprint density at radius 3 is 1.63 bits per heavy atom. The fourth-order valence-electron chi connectivity index (χ4n) is 2.76. The van der Waals surface area contributed by atoms with Crippen LogP contribution in [0.25, 0.3) is 19.5 Å². The van der Waals surface area contributed by atoms with Gasteiger partial charge in [-0.15, -0.1) is 34.0 Å². The molecule has 3 aromatic rings. The molecule has 142 valence electrons. The van der Waals surface area contributed by atoms with Crippen LogP contribution in [0.2, 0.25) is 0 Å². The third kappa shape index (κ3) is 4.86. The number of carbonyl (C=O) groups is 2. The summed E-state index contributed by atoms with van der Waals surface area (Å²) in [4.78, 5) is 27.7. The van der Waals surface area contributed by atoms with E-state index in [2.05, 4.69) is 35.0 Å². The fraction of sp³-hybridized carbons (Fsp3) is 0.300. The van der Waals surface area contributed by atoms with E-state index in [-0.39, 0.29) is 11.9 Å². The molecule has 7 heteroatoms. The Balaban J connectivity index is 1.77. The Labute approximate surface area is 170 Å². The van der Waals surface area contributed by atoms with Gasteiger partial charge in [0.05, 0.1) is 14.2 Å². The van der Waals surface area contributed by atoms with Crippen LogP contribution in [0.4, 0.5) is 0 Å². The van der Waals surface area contributed by atoms with Crippen LogP contribution >= 0.6 is 34.0 Å². The molecule has 0 saturated heterocycles. The van der Waals surface area contributed by atoms with Gasteiger partial charge in [-0.3, -0.25) is 9.59 Å². The summed E-state index contributed by atoms with van der Waals surface area (Å²) in [6, 6.07) is 8.43. The molecule has 27 heavy (non-hydrogen) atoms. The minimum atomic E-state index is -0.187. The van der Waals surface area contributed by atoms with Crippen LogP contribution in [-0.2, 0) is 31.9 Å². The van der Waals surface area contributed by atoms with Crippen molar-refractivity contribution in [3.63, 3.8) is 0 Å². The van der Waals surface area contributed by atoms with Crippen LogP contribution in [-0.4, -0.2) is 26.2 Å². The van der Waals surface area contributed by atoms with Gasteiger partial charge in [-0.1, -0.05) is 0 Å². The summed E-state index contributed by atoms with van der Waals surface area (Å²) in [5.74, 6) is -0.374. The number of carbonyl (C=O) groups excluding carboxylic acids is 2. The van der Waals surface area contributed by atoms with E-state index >= 15 is 0 Å². The molecule has 0 spiro atoms. The van der Waals surface area contributed by atoms with E-state index < -0.39 is 0 Å². The van der Waals surface area contributed by atoms with E-state index in [1.54, 1.807) is 34.0 Å². The topological polar surface area (TPSA) is 52.6 Å². The van der Waals surface area contributed by atoms with Crippen molar-refractivity contribution in [1.82, 2.24) is 0 Å². The summed E-state index contributed by atoms with van der Waals surface area (Å²) >= 11 is 5.13. The molecule has 3 rings (SSSR count). The van der Waals surface area contributed by atoms with E-state index in [0.717, 1.165) is 0 Å². The SMILES string of the molecule is COC(=O)CCc1ccsc1-c1ccc(-c2sccc2CCC(=O)OC)s1. The highest BCUT2D eigenvalue weighted by atomic mass is 32.1. The second-order valence-electron chi connectivity index (χ2n) is 5.87. The Hall–Kier alpha value is -1.96. The van der Waals surface area contributed by atoms with Crippen LogP contribution in [0.3, 0.4) is 0 Å². The van der Waals surface area contributed by atoms with Crippen molar-refractivity contribution in [3.05, 3.63) is 46.2 Å². The predicted molar refractivity (Wildman–Crippen MR) is 112 cm³/mol. The Kier molecular flexibility index (Phi) is 6.82. The van der Waals surface area contributed by atoms with Crippen molar-refractivity contribution in [2.24, 2.45) is 0 Å². The number of esters is 2. The number of hydrogen-bond donors (Lipinski definition) is 0. The van der Waals surface area contributed by atoms with Crippen molar-refractivity contribution in [3.8, 4) is 19.5 Å². The fourth-order valence-corrected chi connectivity index (χ4v) is 6.00. The zero-order chi connectivity index (χ0) is 19.2. The molecule has 0 fully saturated rings. The van der Waals surface area contributed by atoms with Crippen molar-refractivity contribution in [2.45, 2.75) is 25.7 Å². The highest BCUT2D eigenvalue weighted by Gasteiger charge is 2.15. The first-order valence-electron chi connectivity index (χ1n) is 8.49. The smallest absolute Gasteiger partial charge is 0.305 e. The van der Waals surface area contributed by atoms with E-state index in [4.69, 9.17) is 9.47 Å². The average molecular weight is 421 g/mol. The lowest BCUT2D eigenvalue weighted by Gasteiger charge is -2.02. The molecule has 0 saturated carbocycles. The van der Waals surface area contributed by atoms with Gasteiger partial charge in [0.25, 0.3) is 0 Å². The maximum Gasteiger partial charge on any atom is 0.305 e. The van der Waals surface area contributed by atoms with Crippen LogP contribution < -0.4 is 0 Å². The average Bonchev–Trinajstić information content (AvgIpc) is 3.43. The highest BCUT2D eigenvalue weighted by molar-refractivity contribution is 7.25. The van der Waals surface area contributed by atoms with Gasteiger partial charge >= 0.3 is 11.9 Å². The first-order valence-corrected chi connectivity index (χ1v) is 11.1.